The van der Waals surface area contributed by atoms with Gasteiger partial charge >= 0.3 is 158 Å². The Labute approximate surface area is 158 Å². The first-order valence-corrected chi connectivity index (χ1v) is 15.1. The Bertz CT molecular complexity index is 529. The van der Waals surface area contributed by atoms with E-state index in [-0.39, 0.29) is 0 Å². The molecule has 0 aromatic carbocycles. The summed E-state index contributed by atoms with van der Waals surface area (Å²) < 4.78 is 12.8. The minimum absolute atomic E-state index is 0.494. The van der Waals surface area contributed by atoms with Crippen molar-refractivity contribution in [3.05, 3.63) is 48.3 Å². The van der Waals surface area contributed by atoms with Gasteiger partial charge in [0, 0.05) is 0 Å². The quantitative estimate of drug-likeness (QED) is 0.237. The topological polar surface area (TPSA) is 28.9 Å². The molecule has 133 valence electrons. The van der Waals surface area contributed by atoms with Crippen LogP contribution in [0.15, 0.2) is 47.0 Å². The average Bonchev–Trinajstić information content (AvgIpc) is 3.25. The molecular weight excluding hydrogens is 404 g/mol. The maximum atomic E-state index is 6.29. The molecule has 2 heterocycles. The van der Waals surface area contributed by atoms with Crippen LogP contribution in [-0.4, -0.2) is 40.1 Å². The van der Waals surface area contributed by atoms with E-state index in [2.05, 4.69) is 26.0 Å². The van der Waals surface area contributed by atoms with Crippen LogP contribution >= 0.6 is 5.15 Å². The van der Waals surface area contributed by atoms with Gasteiger partial charge in [0.05, 0.1) is 0 Å². The van der Waals surface area contributed by atoms with Crippen molar-refractivity contribution in [2.75, 3.05) is 25.4 Å². The molecule has 24 heavy (non-hydrogen) atoms. The van der Waals surface area contributed by atoms with E-state index in [9.17, 15) is 0 Å². The second-order valence-corrected chi connectivity index (χ2v) is 19.2. The summed E-state index contributed by atoms with van der Waals surface area (Å²) in [5, 5.41) is -1.38. The van der Waals surface area contributed by atoms with Crippen molar-refractivity contribution in [3.63, 3.8) is 0 Å². The molecular formula is C18H29NO2PSSe+2. The first kappa shape index (κ1) is 20.1. The molecule has 1 aromatic heterocycles. The zero-order valence-corrected chi connectivity index (χ0v) is 18.1. The second-order valence-electron chi connectivity index (χ2n) is 6.05. The molecule has 1 unspecified atom stereocenters. The summed E-state index contributed by atoms with van der Waals surface area (Å²) in [7, 11) is 0. The Morgan fingerprint density at radius 3 is 2.54 bits per heavy atom. The van der Waals surface area contributed by atoms with Gasteiger partial charge in [0.2, 0.25) is 0 Å². The predicted octanol–water partition coefficient (Wildman–Crippen LogP) is 3.36. The fourth-order valence-electron chi connectivity index (χ4n) is 2.68. The number of ether oxygens (including phenoxy) is 1. The third kappa shape index (κ3) is 6.98. The molecule has 1 radical (unpaired) electrons. The molecule has 6 heteroatoms. The molecule has 0 aliphatic carbocycles. The number of furan rings is 1. The molecule has 0 fully saturated rings. The van der Waals surface area contributed by atoms with E-state index in [0.29, 0.717) is 14.7 Å². The number of hydrogen-bond donors (Lipinski definition) is 1. The molecule has 1 N–H and O–H groups in total. The van der Waals surface area contributed by atoms with E-state index in [1.807, 2.05) is 12.1 Å². The van der Waals surface area contributed by atoms with Gasteiger partial charge < -0.3 is 0 Å². The van der Waals surface area contributed by atoms with Crippen molar-refractivity contribution in [3.8, 4) is 0 Å². The normalized spacial score (nSPS) is 16.2. The van der Waals surface area contributed by atoms with E-state index in [4.69, 9.17) is 21.4 Å². The van der Waals surface area contributed by atoms with E-state index in [1.165, 1.54) is 25.9 Å². The van der Waals surface area contributed by atoms with Crippen LogP contribution in [0.2, 0.25) is 0 Å². The Hall–Kier alpha value is -0.181. The molecule has 0 spiro atoms. The molecule has 3 nitrogen and oxygen atoms in total. The molecule has 1 aliphatic rings. The van der Waals surface area contributed by atoms with Crippen LogP contribution in [0.25, 0.3) is 0 Å². The Balaban J connectivity index is 1.96. The monoisotopic (exact) mass is 434 g/mol. The zero-order valence-electron chi connectivity index (χ0n) is 14.7. The van der Waals surface area contributed by atoms with E-state index < -0.39 is 5.15 Å². The third-order valence-electron chi connectivity index (χ3n) is 3.91. The fourth-order valence-corrected chi connectivity index (χ4v) is 14.3. The van der Waals surface area contributed by atoms with E-state index in [0.717, 1.165) is 36.7 Å². The number of quaternary nitrogens is 1. The van der Waals surface area contributed by atoms with Gasteiger partial charge in [0.1, 0.15) is 0 Å². The third-order valence-corrected chi connectivity index (χ3v) is 15.4. The molecule has 2 rings (SSSR count). The molecule has 1 atom stereocenters. The molecule has 0 saturated carbocycles. The number of nitrogens with one attached hydrogen (secondary N) is 1. The SMILES string of the molecule is CCC[NH+](CCC)[Se][P+]([S-])(CCC1=CC=C[O+]1)CCc1ccco1. The Morgan fingerprint density at radius 1 is 1.21 bits per heavy atom. The molecule has 0 saturated heterocycles. The van der Waals surface area contributed by atoms with Crippen molar-refractivity contribution in [2.45, 2.75) is 39.5 Å². The summed E-state index contributed by atoms with van der Waals surface area (Å²) in [5.41, 5.74) is 0. The van der Waals surface area contributed by atoms with Crippen LogP contribution in [0, 0.1) is 0 Å². The number of hydrogen-bond acceptors (Lipinski definition) is 3. The van der Waals surface area contributed by atoms with Crippen LogP contribution < -0.4 is 3.92 Å². The first-order valence-electron chi connectivity index (χ1n) is 8.82. The van der Waals surface area contributed by atoms with Crippen LogP contribution in [0.5, 0.6) is 0 Å². The Kier molecular flexibility index (Phi) is 9.00. The number of allylic oxidation sites excluding steroid dienone is 3. The van der Waals surface area contributed by atoms with Gasteiger partial charge in [-0.3, -0.25) is 0 Å². The van der Waals surface area contributed by atoms with Gasteiger partial charge in [-0.05, 0) is 0 Å². The summed E-state index contributed by atoms with van der Waals surface area (Å²) in [6.45, 7) is 7.07. The van der Waals surface area contributed by atoms with Crippen LogP contribution in [-0.2, 0) is 23.4 Å². The van der Waals surface area contributed by atoms with Crippen molar-refractivity contribution in [1.82, 2.24) is 0 Å². The first-order chi connectivity index (χ1) is 11.6. The Morgan fingerprint density at radius 2 is 1.96 bits per heavy atom. The van der Waals surface area contributed by atoms with Crippen molar-refractivity contribution in [2.24, 2.45) is 0 Å². The van der Waals surface area contributed by atoms with Crippen LogP contribution in [0.1, 0.15) is 38.9 Å². The van der Waals surface area contributed by atoms with E-state index in [1.54, 1.807) is 16.4 Å². The summed E-state index contributed by atoms with van der Waals surface area (Å²) in [6.07, 6.45) is 14.2. The van der Waals surface area contributed by atoms with Crippen molar-refractivity contribution in [1.29, 1.82) is 0 Å². The second kappa shape index (κ2) is 10.7. The van der Waals surface area contributed by atoms with Crippen LogP contribution in [0.4, 0.5) is 0 Å². The molecule has 1 aromatic rings. The standard InChI is InChI=1S/C18H28NO2PSSe/c1-3-11-19(12-4-2)24-22(23,15-9-17-7-5-13-20-17)16-10-18-8-6-14-21-18/h5-8,13-14H,3-4,9-12,15-16H2,1-2H3/q+1/p+1. The summed E-state index contributed by atoms with van der Waals surface area (Å²) >= 11 is 6.78. The van der Waals surface area contributed by atoms with Gasteiger partial charge in [-0.1, -0.05) is 0 Å². The van der Waals surface area contributed by atoms with Crippen molar-refractivity contribution < 1.29 is 13.1 Å². The van der Waals surface area contributed by atoms with E-state index >= 15 is 0 Å². The maximum absolute atomic E-state index is 6.29. The zero-order chi connectivity index (χ0) is 17.3. The molecule has 1 aliphatic heterocycles. The predicted molar refractivity (Wildman–Crippen MR) is 106 cm³/mol. The summed E-state index contributed by atoms with van der Waals surface area (Å²) in [5.74, 6) is 2.15. The van der Waals surface area contributed by atoms with Gasteiger partial charge in [-0.25, -0.2) is 0 Å². The summed E-state index contributed by atoms with van der Waals surface area (Å²) in [4.78, 5) is 0. The number of aryl methyl sites for hydroxylation is 1. The van der Waals surface area contributed by atoms with Crippen molar-refractivity contribution >= 4 is 32.1 Å². The minimum atomic E-state index is -1.38. The molecule has 0 amide bonds. The van der Waals surface area contributed by atoms with Gasteiger partial charge in [0.25, 0.3) is 0 Å². The van der Waals surface area contributed by atoms with Gasteiger partial charge in [-0.15, -0.1) is 0 Å². The fraction of sp³-hybridized carbons (Fsp3) is 0.556. The summed E-state index contributed by atoms with van der Waals surface area (Å²) in [6, 6.07) is 4.04. The number of rotatable bonds is 12. The van der Waals surface area contributed by atoms with Crippen LogP contribution in [0.3, 0.4) is 0 Å². The van der Waals surface area contributed by atoms with Gasteiger partial charge in [0.15, 0.2) is 0 Å². The molecule has 0 bridgehead atoms. The average molecular weight is 433 g/mol. The van der Waals surface area contributed by atoms with Gasteiger partial charge in [-0.2, -0.15) is 0 Å².